The van der Waals surface area contributed by atoms with E-state index in [9.17, 15) is 4.79 Å². The molecule has 0 unspecified atom stereocenters. The molecule has 1 aliphatic rings. The van der Waals surface area contributed by atoms with Crippen LogP contribution in [-0.4, -0.2) is 36.1 Å². The number of nitrogens with two attached hydrogens (primary N) is 1. The first-order chi connectivity index (χ1) is 13.6. The number of rotatable bonds is 5. The number of nitrogens with one attached hydrogen (secondary N) is 1. The van der Waals surface area contributed by atoms with Crippen molar-refractivity contribution >= 4 is 17.4 Å². The van der Waals surface area contributed by atoms with E-state index in [0.717, 1.165) is 41.4 Å². The zero-order chi connectivity index (χ0) is 19.3. The van der Waals surface area contributed by atoms with Crippen LogP contribution in [0.3, 0.4) is 0 Å². The number of carbonyl (C=O) groups excluding carboxylic acids is 1. The van der Waals surface area contributed by atoms with Gasteiger partial charge in [0, 0.05) is 29.6 Å². The predicted molar refractivity (Wildman–Crippen MR) is 105 cm³/mol. The number of amides is 1. The third-order valence-corrected chi connectivity index (χ3v) is 4.78. The van der Waals surface area contributed by atoms with Crippen LogP contribution in [-0.2, 0) is 0 Å². The van der Waals surface area contributed by atoms with Crippen LogP contribution >= 0.6 is 0 Å². The van der Waals surface area contributed by atoms with Crippen LogP contribution in [0.4, 0.5) is 5.82 Å². The maximum absolute atomic E-state index is 11.7. The van der Waals surface area contributed by atoms with Crippen LogP contribution in [0.2, 0.25) is 0 Å². The van der Waals surface area contributed by atoms with E-state index in [1.807, 2.05) is 54.2 Å². The van der Waals surface area contributed by atoms with Gasteiger partial charge in [-0.2, -0.15) is 0 Å². The molecule has 3 N–H and O–H groups in total. The van der Waals surface area contributed by atoms with Gasteiger partial charge in [-0.15, -0.1) is 5.10 Å². The van der Waals surface area contributed by atoms with Gasteiger partial charge in [0.1, 0.15) is 17.2 Å². The fraction of sp³-hybridized carbons (Fsp3) is 0.200. The Bertz CT molecular complexity index is 1200. The van der Waals surface area contributed by atoms with Crippen molar-refractivity contribution < 1.29 is 4.79 Å². The molecule has 0 aromatic carbocycles. The van der Waals surface area contributed by atoms with Crippen molar-refractivity contribution in [3.8, 4) is 17.1 Å². The Labute approximate surface area is 161 Å². The number of anilines is 1. The third-order valence-electron chi connectivity index (χ3n) is 4.78. The number of nitrogens with zero attached hydrogens (tertiary/aromatic N) is 5. The van der Waals surface area contributed by atoms with Crippen molar-refractivity contribution in [2.24, 2.45) is 5.73 Å². The highest BCUT2D eigenvalue weighted by Crippen LogP contribution is 2.29. The topological polar surface area (TPSA) is 103 Å². The second kappa shape index (κ2) is 6.19. The molecule has 8 heteroatoms. The molecule has 0 saturated heterocycles. The zero-order valence-electron chi connectivity index (χ0n) is 15.3. The number of fused-ring (bicyclic) bond motifs is 1. The van der Waals surface area contributed by atoms with Gasteiger partial charge in [-0.1, -0.05) is 6.07 Å². The summed E-state index contributed by atoms with van der Waals surface area (Å²) in [6.45, 7) is 1.95. The lowest BCUT2D eigenvalue weighted by molar-refractivity contribution is 0.0995. The molecule has 4 aromatic rings. The molecule has 5 rings (SSSR count). The van der Waals surface area contributed by atoms with Crippen molar-refractivity contribution in [2.45, 2.75) is 25.8 Å². The molecule has 0 atom stereocenters. The average molecular weight is 373 g/mol. The lowest BCUT2D eigenvalue weighted by atomic mass is 10.2. The summed E-state index contributed by atoms with van der Waals surface area (Å²) < 4.78 is 3.52. The van der Waals surface area contributed by atoms with Gasteiger partial charge >= 0.3 is 0 Å². The predicted octanol–water partition coefficient (Wildman–Crippen LogP) is 2.56. The molecule has 1 aliphatic carbocycles. The van der Waals surface area contributed by atoms with Crippen molar-refractivity contribution in [3.63, 3.8) is 0 Å². The van der Waals surface area contributed by atoms with Crippen LogP contribution in [0.15, 0.2) is 48.8 Å². The van der Waals surface area contributed by atoms with Gasteiger partial charge in [0.05, 0.1) is 11.9 Å². The normalized spacial score (nSPS) is 13.8. The van der Waals surface area contributed by atoms with Crippen LogP contribution in [0.25, 0.3) is 22.7 Å². The highest BCUT2D eigenvalue weighted by atomic mass is 16.1. The fourth-order valence-corrected chi connectivity index (χ4v) is 3.23. The van der Waals surface area contributed by atoms with E-state index in [0.29, 0.717) is 17.4 Å². The standard InChI is InChI=1S/C20H19N7O/c1-12-3-2-4-19(23-12)27-15(9-17(25-27)24-14-6-7-14)13-5-8-18-22-10-16(20(21)28)26(18)11-13/h2-5,8-11,14H,6-7H2,1H3,(H2,21,28)(H,24,25). The van der Waals surface area contributed by atoms with Gasteiger partial charge in [-0.3, -0.25) is 9.20 Å². The summed E-state index contributed by atoms with van der Waals surface area (Å²) >= 11 is 0. The highest BCUT2D eigenvalue weighted by molar-refractivity contribution is 5.92. The summed E-state index contributed by atoms with van der Waals surface area (Å²) in [6, 6.07) is 12.1. The first-order valence-corrected chi connectivity index (χ1v) is 9.16. The van der Waals surface area contributed by atoms with Crippen LogP contribution < -0.4 is 11.1 Å². The lowest BCUT2D eigenvalue weighted by Gasteiger charge is -2.08. The van der Waals surface area contributed by atoms with E-state index in [1.165, 1.54) is 6.20 Å². The smallest absolute Gasteiger partial charge is 0.267 e. The molecular formula is C20H19N7O. The number of aromatic nitrogens is 5. The molecule has 1 saturated carbocycles. The number of pyridine rings is 2. The van der Waals surface area contributed by atoms with Crippen molar-refractivity contribution in [1.82, 2.24) is 24.1 Å². The highest BCUT2D eigenvalue weighted by Gasteiger charge is 2.23. The van der Waals surface area contributed by atoms with Crippen molar-refractivity contribution in [1.29, 1.82) is 0 Å². The first kappa shape index (κ1) is 16.5. The number of primary amides is 1. The Morgan fingerprint density at radius 3 is 2.86 bits per heavy atom. The maximum Gasteiger partial charge on any atom is 0.267 e. The minimum atomic E-state index is -0.519. The zero-order valence-corrected chi connectivity index (χ0v) is 15.3. The summed E-state index contributed by atoms with van der Waals surface area (Å²) in [5.41, 5.74) is 9.14. The second-order valence-electron chi connectivity index (χ2n) is 7.04. The molecule has 1 amide bonds. The second-order valence-corrected chi connectivity index (χ2v) is 7.04. The Morgan fingerprint density at radius 2 is 2.11 bits per heavy atom. The van der Waals surface area contributed by atoms with Gasteiger partial charge < -0.3 is 11.1 Å². The molecule has 4 aromatic heterocycles. The minimum Gasteiger partial charge on any atom is -0.366 e. The van der Waals surface area contributed by atoms with Gasteiger partial charge in [0.15, 0.2) is 5.82 Å². The Hall–Kier alpha value is -3.68. The van der Waals surface area contributed by atoms with Crippen molar-refractivity contribution in [3.05, 3.63) is 60.2 Å². The van der Waals surface area contributed by atoms with Crippen LogP contribution in [0, 0.1) is 6.92 Å². The number of imidazole rings is 1. The molecule has 0 spiro atoms. The number of carbonyl (C=O) groups is 1. The third kappa shape index (κ3) is 2.88. The van der Waals surface area contributed by atoms with E-state index >= 15 is 0 Å². The quantitative estimate of drug-likeness (QED) is 0.560. The van der Waals surface area contributed by atoms with Gasteiger partial charge in [0.25, 0.3) is 5.91 Å². The molecule has 0 aliphatic heterocycles. The number of hydrogen-bond donors (Lipinski definition) is 2. The molecular weight excluding hydrogens is 354 g/mol. The first-order valence-electron chi connectivity index (χ1n) is 9.16. The fourth-order valence-electron chi connectivity index (χ4n) is 3.23. The summed E-state index contributed by atoms with van der Waals surface area (Å²) in [5.74, 6) is 1.02. The summed E-state index contributed by atoms with van der Waals surface area (Å²) in [4.78, 5) is 20.6. The maximum atomic E-state index is 11.7. The lowest BCUT2D eigenvalue weighted by Crippen LogP contribution is -2.13. The Balaban J connectivity index is 1.67. The van der Waals surface area contributed by atoms with Gasteiger partial charge in [-0.25, -0.2) is 14.6 Å². The molecule has 28 heavy (non-hydrogen) atoms. The largest absolute Gasteiger partial charge is 0.366 e. The van der Waals surface area contributed by atoms with E-state index in [-0.39, 0.29) is 0 Å². The average Bonchev–Trinajstić information content (AvgIpc) is 3.23. The molecule has 0 radical (unpaired) electrons. The minimum absolute atomic E-state index is 0.341. The van der Waals surface area contributed by atoms with Crippen LogP contribution in [0.1, 0.15) is 29.0 Å². The van der Waals surface area contributed by atoms with Crippen LogP contribution in [0.5, 0.6) is 0 Å². The molecule has 8 nitrogen and oxygen atoms in total. The van der Waals surface area contributed by atoms with Gasteiger partial charge in [0.2, 0.25) is 0 Å². The summed E-state index contributed by atoms with van der Waals surface area (Å²) in [5, 5.41) is 8.17. The van der Waals surface area contributed by atoms with E-state index in [4.69, 9.17) is 10.8 Å². The van der Waals surface area contributed by atoms with Gasteiger partial charge in [-0.05, 0) is 44.0 Å². The van der Waals surface area contributed by atoms with E-state index in [2.05, 4.69) is 15.3 Å². The number of aryl methyl sites for hydroxylation is 1. The van der Waals surface area contributed by atoms with E-state index in [1.54, 1.807) is 4.40 Å². The Morgan fingerprint density at radius 1 is 1.25 bits per heavy atom. The molecule has 140 valence electrons. The van der Waals surface area contributed by atoms with E-state index < -0.39 is 5.91 Å². The monoisotopic (exact) mass is 373 g/mol. The number of hydrogen-bond acceptors (Lipinski definition) is 5. The summed E-state index contributed by atoms with van der Waals surface area (Å²) in [6.07, 6.45) is 5.66. The Kier molecular flexibility index (Phi) is 3.65. The van der Waals surface area contributed by atoms with Crippen molar-refractivity contribution in [2.75, 3.05) is 5.32 Å². The molecule has 1 fully saturated rings. The summed E-state index contributed by atoms with van der Waals surface area (Å²) in [7, 11) is 0. The molecule has 0 bridgehead atoms. The molecule has 4 heterocycles. The SMILES string of the molecule is Cc1cccc(-n2nc(NC3CC3)cc2-c2ccc3ncc(C(N)=O)n3c2)n1.